The maximum atomic E-state index is 13.7. The molecule has 0 saturated carbocycles. The van der Waals surface area contributed by atoms with Gasteiger partial charge in [-0.2, -0.15) is 0 Å². The van der Waals surface area contributed by atoms with Gasteiger partial charge in [-0.1, -0.05) is 28.1 Å². The second-order valence-electron chi connectivity index (χ2n) is 6.37. The van der Waals surface area contributed by atoms with Crippen molar-refractivity contribution in [2.24, 2.45) is 0 Å². The fraction of sp³-hybridized carbons (Fsp3) is 0.190. The Morgan fingerprint density at radius 3 is 2.68 bits per heavy atom. The van der Waals surface area contributed by atoms with E-state index in [-0.39, 0.29) is 11.4 Å². The zero-order valence-electron chi connectivity index (χ0n) is 16.7. The van der Waals surface area contributed by atoms with E-state index >= 15 is 0 Å². The molecule has 0 spiro atoms. The van der Waals surface area contributed by atoms with Crippen LogP contribution in [0.4, 0.5) is 14.9 Å². The summed E-state index contributed by atoms with van der Waals surface area (Å²) in [5, 5.41) is 4.78. The summed E-state index contributed by atoms with van der Waals surface area (Å²) in [6.07, 6.45) is 1.46. The highest BCUT2D eigenvalue weighted by Crippen LogP contribution is 2.34. The number of methoxy groups -OCH3 is 1. The fourth-order valence-electron chi connectivity index (χ4n) is 2.86. The number of carbonyl (C=O) groups excluding carboxylic acids is 3. The third-order valence-corrected chi connectivity index (χ3v) is 4.98. The molecule has 10 heteroatoms. The van der Waals surface area contributed by atoms with Gasteiger partial charge >= 0.3 is 6.03 Å². The van der Waals surface area contributed by atoms with E-state index in [4.69, 9.17) is 9.47 Å². The molecule has 1 aliphatic heterocycles. The molecule has 31 heavy (non-hydrogen) atoms. The number of halogens is 2. The molecule has 0 unspecified atom stereocenters. The predicted molar refractivity (Wildman–Crippen MR) is 115 cm³/mol. The van der Waals surface area contributed by atoms with Gasteiger partial charge < -0.3 is 20.1 Å². The number of amides is 4. The Kier molecular flexibility index (Phi) is 6.91. The van der Waals surface area contributed by atoms with Crippen LogP contribution in [0.1, 0.15) is 12.5 Å². The lowest BCUT2D eigenvalue weighted by Crippen LogP contribution is -2.38. The first-order chi connectivity index (χ1) is 14.8. The first kappa shape index (κ1) is 22.3. The Hall–Kier alpha value is -3.40. The topological polar surface area (TPSA) is 97.0 Å². The number of para-hydroxylation sites is 1. The van der Waals surface area contributed by atoms with Crippen LogP contribution in [-0.4, -0.2) is 43.0 Å². The molecule has 3 rings (SSSR count). The molecule has 1 fully saturated rings. The molecular weight excluding hydrogens is 473 g/mol. The van der Waals surface area contributed by atoms with Gasteiger partial charge in [0.05, 0.1) is 19.4 Å². The van der Waals surface area contributed by atoms with E-state index in [2.05, 4.69) is 26.6 Å². The standard InChI is InChI=1S/C21H19BrFN3O5/c1-3-31-18-9-12(13(22)10-17(18)30-2)8-16-20(28)26(21(29)25-16)11-19(27)24-15-7-5-4-6-14(15)23/h4-10H,3,11H2,1-2H3,(H,24,27)(H,25,29)/b16-8+. The van der Waals surface area contributed by atoms with Crippen molar-refractivity contribution in [2.75, 3.05) is 25.6 Å². The minimum absolute atomic E-state index is 0.0167. The second-order valence-corrected chi connectivity index (χ2v) is 7.22. The molecule has 4 amide bonds. The predicted octanol–water partition coefficient (Wildman–Crippen LogP) is 3.53. The van der Waals surface area contributed by atoms with Crippen molar-refractivity contribution in [1.29, 1.82) is 0 Å². The van der Waals surface area contributed by atoms with Crippen LogP contribution in [0, 0.1) is 5.82 Å². The molecule has 0 bridgehead atoms. The second kappa shape index (κ2) is 9.61. The van der Waals surface area contributed by atoms with Crippen LogP contribution >= 0.6 is 15.9 Å². The van der Waals surface area contributed by atoms with Gasteiger partial charge in [-0.05, 0) is 42.8 Å². The molecular formula is C21H19BrFN3O5. The fourth-order valence-corrected chi connectivity index (χ4v) is 3.29. The monoisotopic (exact) mass is 491 g/mol. The summed E-state index contributed by atoms with van der Waals surface area (Å²) in [5.74, 6) is -1.04. The first-order valence-electron chi connectivity index (χ1n) is 9.23. The third kappa shape index (κ3) is 5.02. The van der Waals surface area contributed by atoms with Gasteiger partial charge in [0.15, 0.2) is 11.5 Å². The van der Waals surface area contributed by atoms with Gasteiger partial charge in [-0.15, -0.1) is 0 Å². The van der Waals surface area contributed by atoms with E-state index in [1.54, 1.807) is 18.2 Å². The lowest BCUT2D eigenvalue weighted by molar-refractivity contribution is -0.127. The van der Waals surface area contributed by atoms with E-state index in [1.165, 1.54) is 31.4 Å². The van der Waals surface area contributed by atoms with Crippen LogP contribution in [-0.2, 0) is 9.59 Å². The smallest absolute Gasteiger partial charge is 0.329 e. The minimum atomic E-state index is -0.755. The maximum Gasteiger partial charge on any atom is 0.329 e. The quantitative estimate of drug-likeness (QED) is 0.456. The molecule has 0 atom stereocenters. The van der Waals surface area contributed by atoms with Crippen molar-refractivity contribution in [3.05, 3.63) is 57.9 Å². The molecule has 0 radical (unpaired) electrons. The van der Waals surface area contributed by atoms with Crippen LogP contribution < -0.4 is 20.1 Å². The zero-order valence-corrected chi connectivity index (χ0v) is 18.3. The first-order valence-corrected chi connectivity index (χ1v) is 10.0. The zero-order chi connectivity index (χ0) is 22.5. The number of anilines is 1. The summed E-state index contributed by atoms with van der Waals surface area (Å²) in [7, 11) is 1.51. The van der Waals surface area contributed by atoms with Gasteiger partial charge in [-0.3, -0.25) is 9.59 Å². The van der Waals surface area contributed by atoms with Gasteiger partial charge in [0.25, 0.3) is 5.91 Å². The average Bonchev–Trinajstić information content (AvgIpc) is 2.99. The van der Waals surface area contributed by atoms with Gasteiger partial charge in [0, 0.05) is 4.47 Å². The summed E-state index contributed by atoms with van der Waals surface area (Å²) >= 11 is 3.40. The minimum Gasteiger partial charge on any atom is -0.493 e. The number of ether oxygens (including phenoxy) is 2. The average molecular weight is 492 g/mol. The normalized spacial score (nSPS) is 14.6. The number of rotatable bonds is 7. The molecule has 0 aromatic heterocycles. The van der Waals surface area contributed by atoms with E-state index in [0.29, 0.717) is 28.1 Å². The van der Waals surface area contributed by atoms with E-state index in [1.807, 2.05) is 6.92 Å². The summed E-state index contributed by atoms with van der Waals surface area (Å²) in [4.78, 5) is 37.9. The van der Waals surface area contributed by atoms with Crippen molar-refractivity contribution in [2.45, 2.75) is 6.92 Å². The Bertz CT molecular complexity index is 1070. The number of nitrogens with one attached hydrogen (secondary N) is 2. The number of nitrogens with zero attached hydrogens (tertiary/aromatic N) is 1. The summed E-state index contributed by atoms with van der Waals surface area (Å²) < 4.78 is 25.1. The lowest BCUT2D eigenvalue weighted by Gasteiger charge is -2.12. The van der Waals surface area contributed by atoms with Crippen molar-refractivity contribution in [1.82, 2.24) is 10.2 Å². The summed E-state index contributed by atoms with van der Waals surface area (Å²) in [6.45, 7) is 1.67. The maximum absolute atomic E-state index is 13.7. The molecule has 162 valence electrons. The SMILES string of the molecule is CCOc1cc(/C=C2/NC(=O)N(CC(=O)Nc3ccccc3F)C2=O)c(Br)cc1OC. The van der Waals surface area contributed by atoms with Crippen molar-refractivity contribution >= 4 is 45.5 Å². The molecule has 2 aromatic rings. The highest BCUT2D eigenvalue weighted by atomic mass is 79.9. The van der Waals surface area contributed by atoms with Gasteiger partial charge in [-0.25, -0.2) is 14.1 Å². The van der Waals surface area contributed by atoms with Crippen molar-refractivity contribution < 1.29 is 28.2 Å². The highest BCUT2D eigenvalue weighted by Gasteiger charge is 2.35. The van der Waals surface area contributed by atoms with Crippen LogP contribution in [0.15, 0.2) is 46.6 Å². The van der Waals surface area contributed by atoms with Crippen LogP contribution in [0.3, 0.4) is 0 Å². The number of benzene rings is 2. The number of hydrogen-bond donors (Lipinski definition) is 2. The lowest BCUT2D eigenvalue weighted by atomic mass is 10.1. The number of imide groups is 1. The molecule has 2 N–H and O–H groups in total. The van der Waals surface area contributed by atoms with E-state index in [0.717, 1.165) is 4.90 Å². The van der Waals surface area contributed by atoms with E-state index < -0.39 is 30.2 Å². The Morgan fingerprint density at radius 1 is 1.26 bits per heavy atom. The van der Waals surface area contributed by atoms with Crippen molar-refractivity contribution in [3.63, 3.8) is 0 Å². The van der Waals surface area contributed by atoms with Gasteiger partial charge in [0.2, 0.25) is 5.91 Å². The molecule has 2 aromatic carbocycles. The molecule has 1 saturated heterocycles. The molecule has 8 nitrogen and oxygen atoms in total. The van der Waals surface area contributed by atoms with Crippen LogP contribution in [0.2, 0.25) is 0 Å². The molecule has 1 aliphatic rings. The van der Waals surface area contributed by atoms with Crippen LogP contribution in [0.25, 0.3) is 6.08 Å². The summed E-state index contributed by atoms with van der Waals surface area (Å²) in [5.41, 5.74) is 0.503. The third-order valence-electron chi connectivity index (χ3n) is 4.29. The van der Waals surface area contributed by atoms with Gasteiger partial charge in [0.1, 0.15) is 18.1 Å². The largest absolute Gasteiger partial charge is 0.493 e. The number of hydrogen-bond acceptors (Lipinski definition) is 5. The van der Waals surface area contributed by atoms with Crippen molar-refractivity contribution in [3.8, 4) is 11.5 Å². The summed E-state index contributed by atoms with van der Waals surface area (Å²) in [6, 6.07) is 8.18. The number of carbonyl (C=O) groups is 3. The Balaban J connectivity index is 1.78. The Morgan fingerprint density at radius 2 is 2.00 bits per heavy atom. The molecule has 0 aliphatic carbocycles. The molecule has 1 heterocycles. The highest BCUT2D eigenvalue weighted by molar-refractivity contribution is 9.10. The van der Waals surface area contributed by atoms with Crippen LogP contribution in [0.5, 0.6) is 11.5 Å². The Labute approximate surface area is 186 Å². The van der Waals surface area contributed by atoms with E-state index in [9.17, 15) is 18.8 Å². The number of urea groups is 1.